The number of likely N-dealkylation sites (tertiary alicyclic amines) is 1. The molecule has 2 heterocycles. The maximum Gasteiger partial charge on any atom is 0.410 e. The van der Waals surface area contributed by atoms with Gasteiger partial charge in [-0.25, -0.2) is 4.79 Å². The molecule has 1 atom stereocenters. The lowest BCUT2D eigenvalue weighted by Crippen LogP contribution is -2.63. The van der Waals surface area contributed by atoms with E-state index in [0.29, 0.717) is 25.0 Å². The lowest BCUT2D eigenvalue weighted by atomic mass is 10.0. The predicted octanol–water partition coefficient (Wildman–Crippen LogP) is 1.13. The average molecular weight is 384 g/mol. The van der Waals surface area contributed by atoms with E-state index in [0.717, 1.165) is 38.8 Å². The van der Waals surface area contributed by atoms with Gasteiger partial charge in [0.2, 0.25) is 0 Å². The molecule has 8 nitrogen and oxygen atoms in total. The highest BCUT2D eigenvalue weighted by atomic mass is 16.6. The summed E-state index contributed by atoms with van der Waals surface area (Å²) < 4.78 is 10.9. The second kappa shape index (κ2) is 9.59. The van der Waals surface area contributed by atoms with Crippen LogP contribution < -0.4 is 10.6 Å². The minimum absolute atomic E-state index is 0.199. The molecule has 156 valence electrons. The fourth-order valence-electron chi connectivity index (χ4n) is 3.33. The highest BCUT2D eigenvalue weighted by Crippen LogP contribution is 2.15. The number of carbonyl (C=O) groups is 1. The molecule has 0 aromatic heterocycles. The van der Waals surface area contributed by atoms with Gasteiger partial charge < -0.3 is 25.0 Å². The van der Waals surface area contributed by atoms with Gasteiger partial charge in [-0.2, -0.15) is 0 Å². The van der Waals surface area contributed by atoms with Crippen molar-refractivity contribution in [2.75, 3.05) is 53.0 Å². The van der Waals surface area contributed by atoms with Crippen molar-refractivity contribution in [2.45, 2.75) is 52.3 Å². The van der Waals surface area contributed by atoms with Crippen molar-refractivity contribution in [3.05, 3.63) is 0 Å². The van der Waals surface area contributed by atoms with Crippen molar-refractivity contribution in [3.8, 4) is 0 Å². The van der Waals surface area contributed by atoms with Gasteiger partial charge in [-0.15, -0.1) is 0 Å². The first-order valence-electron chi connectivity index (χ1n) is 9.96. The van der Waals surface area contributed by atoms with E-state index in [1.807, 2.05) is 20.8 Å². The number of hydrogen-bond donors (Lipinski definition) is 2. The zero-order valence-corrected chi connectivity index (χ0v) is 17.7. The summed E-state index contributed by atoms with van der Waals surface area (Å²) in [7, 11) is 1.78. The van der Waals surface area contributed by atoms with Crippen LogP contribution in [-0.2, 0) is 9.47 Å². The molecule has 0 saturated carbocycles. The van der Waals surface area contributed by atoms with Crippen molar-refractivity contribution in [3.63, 3.8) is 0 Å². The molecule has 2 N–H and O–H groups in total. The van der Waals surface area contributed by atoms with Crippen LogP contribution in [0, 0.1) is 5.92 Å². The van der Waals surface area contributed by atoms with E-state index in [2.05, 4.69) is 34.4 Å². The topological polar surface area (TPSA) is 78.4 Å². The molecule has 2 rings (SSSR count). The van der Waals surface area contributed by atoms with E-state index in [1.165, 1.54) is 0 Å². The summed E-state index contributed by atoms with van der Waals surface area (Å²) in [4.78, 5) is 20.6. The van der Waals surface area contributed by atoms with Crippen LogP contribution in [0.3, 0.4) is 0 Å². The third kappa shape index (κ3) is 6.84. The molecule has 1 unspecified atom stereocenters. The van der Waals surface area contributed by atoms with Crippen LogP contribution in [0.2, 0.25) is 0 Å². The third-order valence-corrected chi connectivity index (χ3v) is 4.86. The van der Waals surface area contributed by atoms with E-state index in [1.54, 1.807) is 11.9 Å². The standard InChI is InChI=1S/C19H37N5O3/c1-14(2)16(23-7-9-26-10-8-23)11-21-17(20-6)22-15-12-24(13-15)18(25)27-19(3,4)5/h14-16H,7-13H2,1-6H3,(H2,20,21,22). The van der Waals surface area contributed by atoms with Gasteiger partial charge in [0.15, 0.2) is 5.96 Å². The smallest absolute Gasteiger partial charge is 0.410 e. The number of morpholine rings is 1. The predicted molar refractivity (Wildman–Crippen MR) is 107 cm³/mol. The summed E-state index contributed by atoms with van der Waals surface area (Å²) in [6, 6.07) is 0.636. The first kappa shape index (κ1) is 21.8. The number of hydrogen-bond acceptors (Lipinski definition) is 5. The number of carbonyl (C=O) groups excluding carboxylic acids is 1. The third-order valence-electron chi connectivity index (χ3n) is 4.86. The zero-order chi connectivity index (χ0) is 20.0. The van der Waals surface area contributed by atoms with Crippen LogP contribution in [0.15, 0.2) is 4.99 Å². The Morgan fingerprint density at radius 3 is 2.41 bits per heavy atom. The average Bonchev–Trinajstić information content (AvgIpc) is 2.54. The number of nitrogens with zero attached hydrogens (tertiary/aromatic N) is 3. The van der Waals surface area contributed by atoms with E-state index < -0.39 is 5.60 Å². The van der Waals surface area contributed by atoms with E-state index in [4.69, 9.17) is 9.47 Å². The summed E-state index contributed by atoms with van der Waals surface area (Å²) in [6.45, 7) is 15.8. The Labute approximate surface area is 163 Å². The molecule has 2 aliphatic rings. The number of ether oxygens (including phenoxy) is 2. The lowest BCUT2D eigenvalue weighted by molar-refractivity contribution is 0.00595. The molecule has 0 spiro atoms. The zero-order valence-electron chi connectivity index (χ0n) is 17.7. The normalized spacial score (nSPS) is 21.0. The highest BCUT2D eigenvalue weighted by molar-refractivity contribution is 5.80. The van der Waals surface area contributed by atoms with Crippen molar-refractivity contribution in [1.82, 2.24) is 20.4 Å². The van der Waals surface area contributed by atoms with E-state index in [-0.39, 0.29) is 12.1 Å². The molecule has 2 saturated heterocycles. The maximum absolute atomic E-state index is 12.0. The van der Waals surface area contributed by atoms with E-state index in [9.17, 15) is 4.79 Å². The van der Waals surface area contributed by atoms with Crippen molar-refractivity contribution < 1.29 is 14.3 Å². The summed E-state index contributed by atoms with van der Waals surface area (Å²) in [5.74, 6) is 1.32. The van der Waals surface area contributed by atoms with Gasteiger partial charge in [0.1, 0.15) is 5.60 Å². The molecule has 0 radical (unpaired) electrons. The van der Waals surface area contributed by atoms with Crippen LogP contribution in [-0.4, -0.2) is 92.5 Å². The number of rotatable bonds is 5. The van der Waals surface area contributed by atoms with Crippen LogP contribution >= 0.6 is 0 Å². The molecule has 1 amide bonds. The van der Waals surface area contributed by atoms with E-state index >= 15 is 0 Å². The van der Waals surface area contributed by atoms with Crippen LogP contribution in [0.4, 0.5) is 4.79 Å². The molecule has 0 aromatic rings. The summed E-state index contributed by atoms with van der Waals surface area (Å²) in [6.07, 6.45) is -0.254. The molecule has 8 heteroatoms. The fourth-order valence-corrected chi connectivity index (χ4v) is 3.33. The largest absolute Gasteiger partial charge is 0.444 e. The Hall–Kier alpha value is -1.54. The molecular weight excluding hydrogens is 346 g/mol. The minimum Gasteiger partial charge on any atom is -0.444 e. The molecule has 0 aromatic carbocycles. The Morgan fingerprint density at radius 1 is 1.26 bits per heavy atom. The number of amides is 1. The van der Waals surface area contributed by atoms with Crippen molar-refractivity contribution >= 4 is 12.1 Å². The molecule has 2 fully saturated rings. The summed E-state index contributed by atoms with van der Waals surface area (Å²) in [5, 5.41) is 6.85. The molecule has 27 heavy (non-hydrogen) atoms. The number of nitrogens with one attached hydrogen (secondary N) is 2. The quantitative estimate of drug-likeness (QED) is 0.547. The fraction of sp³-hybridized carbons (Fsp3) is 0.895. The monoisotopic (exact) mass is 383 g/mol. The van der Waals surface area contributed by atoms with Crippen LogP contribution in [0.25, 0.3) is 0 Å². The van der Waals surface area contributed by atoms with Gasteiger partial charge in [-0.05, 0) is 26.7 Å². The maximum atomic E-state index is 12.0. The number of aliphatic imine (C=N–C) groups is 1. The lowest BCUT2D eigenvalue weighted by Gasteiger charge is -2.41. The van der Waals surface area contributed by atoms with Gasteiger partial charge in [0, 0.05) is 45.8 Å². The molecule has 2 aliphatic heterocycles. The minimum atomic E-state index is -0.460. The van der Waals surface area contributed by atoms with Gasteiger partial charge in [0.05, 0.1) is 19.3 Å². The Kier molecular flexibility index (Phi) is 7.73. The van der Waals surface area contributed by atoms with Crippen molar-refractivity contribution in [1.29, 1.82) is 0 Å². The van der Waals surface area contributed by atoms with Crippen molar-refractivity contribution in [2.24, 2.45) is 10.9 Å². The first-order chi connectivity index (χ1) is 12.7. The van der Waals surface area contributed by atoms with Gasteiger partial charge >= 0.3 is 6.09 Å². The second-order valence-electron chi connectivity index (χ2n) is 8.64. The molecule has 0 bridgehead atoms. The Balaban J connectivity index is 1.75. The summed E-state index contributed by atoms with van der Waals surface area (Å²) >= 11 is 0. The molecular formula is C19H37N5O3. The van der Waals surface area contributed by atoms with Gasteiger partial charge in [-0.3, -0.25) is 9.89 Å². The van der Waals surface area contributed by atoms with Gasteiger partial charge in [-0.1, -0.05) is 13.8 Å². The van der Waals surface area contributed by atoms with Gasteiger partial charge in [0.25, 0.3) is 0 Å². The number of guanidine groups is 1. The summed E-state index contributed by atoms with van der Waals surface area (Å²) in [5.41, 5.74) is -0.460. The first-order valence-corrected chi connectivity index (χ1v) is 9.96. The Morgan fingerprint density at radius 2 is 1.89 bits per heavy atom. The second-order valence-corrected chi connectivity index (χ2v) is 8.64. The van der Waals surface area contributed by atoms with Crippen LogP contribution in [0.5, 0.6) is 0 Å². The molecule has 0 aliphatic carbocycles. The Bertz CT molecular complexity index is 506. The highest BCUT2D eigenvalue weighted by Gasteiger charge is 2.34. The SMILES string of the molecule is CN=C(NCC(C(C)C)N1CCOCC1)NC1CN(C(=O)OC(C)(C)C)C1. The van der Waals surface area contributed by atoms with Crippen LogP contribution in [0.1, 0.15) is 34.6 Å².